The van der Waals surface area contributed by atoms with Gasteiger partial charge < -0.3 is 10.4 Å². The lowest BCUT2D eigenvalue weighted by Crippen LogP contribution is -2.47. The summed E-state index contributed by atoms with van der Waals surface area (Å²) in [6, 6.07) is 4.63. The summed E-state index contributed by atoms with van der Waals surface area (Å²) in [5.41, 5.74) is 1.10. The number of hydrogen-bond donors (Lipinski definition) is 2. The van der Waals surface area contributed by atoms with Gasteiger partial charge in [-0.25, -0.2) is 13.2 Å². The lowest BCUT2D eigenvalue weighted by molar-refractivity contribution is -0.175. The molecule has 0 spiro atoms. The summed E-state index contributed by atoms with van der Waals surface area (Å²) >= 11 is 0. The van der Waals surface area contributed by atoms with Crippen molar-refractivity contribution in [2.24, 2.45) is 10.9 Å². The molecule has 1 aromatic rings. The van der Waals surface area contributed by atoms with E-state index in [1.807, 2.05) is 6.92 Å². The van der Waals surface area contributed by atoms with Gasteiger partial charge in [-0.15, -0.1) is 0 Å². The van der Waals surface area contributed by atoms with Crippen LogP contribution in [0.3, 0.4) is 0 Å². The molecular formula is C19H21F3N2O5S. The van der Waals surface area contributed by atoms with Gasteiger partial charge in [0.25, 0.3) is 0 Å². The third-order valence-corrected chi connectivity index (χ3v) is 6.27. The summed E-state index contributed by atoms with van der Waals surface area (Å²) in [6.07, 6.45) is -2.00. The lowest BCUT2D eigenvalue weighted by Gasteiger charge is -2.20. The molecule has 0 saturated heterocycles. The number of alkyl halides is 3. The van der Waals surface area contributed by atoms with E-state index < -0.39 is 40.4 Å². The quantitative estimate of drug-likeness (QED) is 0.638. The Hall–Kier alpha value is -2.69. The Morgan fingerprint density at radius 1 is 1.27 bits per heavy atom. The molecule has 1 aromatic carbocycles. The van der Waals surface area contributed by atoms with Crippen LogP contribution in [0.5, 0.6) is 0 Å². The number of amides is 1. The number of carbonyl (C=O) groups excluding carboxylic acids is 1. The van der Waals surface area contributed by atoms with Crippen molar-refractivity contribution in [2.75, 3.05) is 5.75 Å². The van der Waals surface area contributed by atoms with Crippen LogP contribution in [0.15, 0.2) is 45.9 Å². The van der Waals surface area contributed by atoms with E-state index >= 15 is 0 Å². The first-order chi connectivity index (χ1) is 13.9. The SMILES string of the molecule is Cc1ccc(S(=O)(=O)CCC2C=C(C[C@H](NC(=O)C(F)(F)F)C(=O)O)N=CC2)cc1. The molecule has 1 aliphatic heterocycles. The number of nitrogens with one attached hydrogen (secondary N) is 1. The minimum atomic E-state index is -5.20. The predicted octanol–water partition coefficient (Wildman–Crippen LogP) is 2.66. The minimum absolute atomic E-state index is 0.147. The number of carbonyl (C=O) groups is 2. The second-order valence-corrected chi connectivity index (χ2v) is 9.06. The molecule has 0 radical (unpaired) electrons. The average Bonchev–Trinajstić information content (AvgIpc) is 2.66. The molecule has 0 aliphatic carbocycles. The van der Waals surface area contributed by atoms with Crippen molar-refractivity contribution >= 4 is 27.9 Å². The van der Waals surface area contributed by atoms with Crippen molar-refractivity contribution < 1.29 is 36.3 Å². The predicted molar refractivity (Wildman–Crippen MR) is 103 cm³/mol. The zero-order chi connectivity index (χ0) is 22.5. The fourth-order valence-corrected chi connectivity index (χ4v) is 4.23. The Balaban J connectivity index is 2.02. The molecule has 0 bridgehead atoms. The number of halogens is 3. The van der Waals surface area contributed by atoms with Gasteiger partial charge in [-0.1, -0.05) is 23.8 Å². The van der Waals surface area contributed by atoms with Gasteiger partial charge in [0, 0.05) is 18.3 Å². The van der Waals surface area contributed by atoms with Crippen LogP contribution >= 0.6 is 0 Å². The van der Waals surface area contributed by atoms with E-state index in [1.165, 1.54) is 23.7 Å². The van der Waals surface area contributed by atoms with Gasteiger partial charge in [0.05, 0.1) is 10.6 Å². The van der Waals surface area contributed by atoms with E-state index in [9.17, 15) is 31.2 Å². The van der Waals surface area contributed by atoms with Crippen molar-refractivity contribution in [3.63, 3.8) is 0 Å². The number of benzene rings is 1. The highest BCUT2D eigenvalue weighted by atomic mass is 32.2. The number of aliphatic carboxylic acids is 1. The highest BCUT2D eigenvalue weighted by molar-refractivity contribution is 7.91. The lowest BCUT2D eigenvalue weighted by atomic mass is 9.97. The van der Waals surface area contributed by atoms with E-state index in [4.69, 9.17) is 5.11 Å². The minimum Gasteiger partial charge on any atom is -0.480 e. The molecule has 30 heavy (non-hydrogen) atoms. The van der Waals surface area contributed by atoms with Crippen LogP contribution in [0, 0.1) is 12.8 Å². The van der Waals surface area contributed by atoms with Gasteiger partial charge in [-0.3, -0.25) is 9.79 Å². The Morgan fingerprint density at radius 2 is 1.90 bits per heavy atom. The van der Waals surface area contributed by atoms with Gasteiger partial charge in [-0.2, -0.15) is 13.2 Å². The van der Waals surface area contributed by atoms with Crippen molar-refractivity contribution in [3.05, 3.63) is 41.6 Å². The number of allylic oxidation sites excluding steroid dienone is 1. The van der Waals surface area contributed by atoms with Crippen LogP contribution in [-0.4, -0.2) is 49.6 Å². The highest BCUT2D eigenvalue weighted by Crippen LogP contribution is 2.23. The van der Waals surface area contributed by atoms with Crippen molar-refractivity contribution in [1.29, 1.82) is 0 Å². The standard InChI is InChI=1S/C19H21F3N2O5S/c1-12-2-4-15(5-3-12)30(28,29)9-7-13-6-8-23-14(10-13)11-16(17(25)26)24-18(27)19(20,21)22/h2-5,8,10,13,16H,6-7,9,11H2,1H3,(H,24,27)(H,25,26)/t13?,16-/m0/s1. The monoisotopic (exact) mass is 446 g/mol. The first kappa shape index (κ1) is 23.6. The van der Waals surface area contributed by atoms with Crippen LogP contribution in [0.2, 0.25) is 0 Å². The molecule has 0 aromatic heterocycles. The number of carboxylic acids is 1. The first-order valence-corrected chi connectivity index (χ1v) is 10.7. The van der Waals surface area contributed by atoms with E-state index in [2.05, 4.69) is 4.99 Å². The summed E-state index contributed by atoms with van der Waals surface area (Å²) in [7, 11) is -3.51. The number of carboxylic acid groups (broad SMARTS) is 1. The van der Waals surface area contributed by atoms with Crippen molar-refractivity contribution in [3.8, 4) is 0 Å². The van der Waals surface area contributed by atoms with Gasteiger partial charge >= 0.3 is 18.1 Å². The zero-order valence-electron chi connectivity index (χ0n) is 16.0. The molecule has 1 amide bonds. The fraction of sp³-hybridized carbons (Fsp3) is 0.421. The van der Waals surface area contributed by atoms with Crippen molar-refractivity contribution in [2.45, 2.75) is 43.3 Å². The van der Waals surface area contributed by atoms with Crippen LogP contribution in [-0.2, 0) is 19.4 Å². The molecular weight excluding hydrogens is 425 g/mol. The van der Waals surface area contributed by atoms with Crippen LogP contribution in [0.25, 0.3) is 0 Å². The average molecular weight is 446 g/mol. The maximum Gasteiger partial charge on any atom is 0.471 e. The summed E-state index contributed by atoms with van der Waals surface area (Å²) in [4.78, 5) is 26.4. The number of sulfone groups is 1. The second-order valence-electron chi connectivity index (χ2n) is 6.95. The molecule has 2 rings (SSSR count). The van der Waals surface area contributed by atoms with Gasteiger partial charge in [0.2, 0.25) is 0 Å². The molecule has 2 N–H and O–H groups in total. The molecule has 7 nitrogen and oxygen atoms in total. The first-order valence-electron chi connectivity index (χ1n) is 9.01. The maximum atomic E-state index is 12.5. The molecule has 164 valence electrons. The number of aliphatic imine (C=N–C) groups is 1. The molecule has 11 heteroatoms. The Labute approximate surface area is 171 Å². The van der Waals surface area contributed by atoms with E-state index in [0.717, 1.165) is 5.56 Å². The van der Waals surface area contributed by atoms with E-state index in [1.54, 1.807) is 18.2 Å². The van der Waals surface area contributed by atoms with Crippen LogP contribution in [0.4, 0.5) is 13.2 Å². The topological polar surface area (TPSA) is 113 Å². The Morgan fingerprint density at radius 3 is 2.47 bits per heavy atom. The molecule has 0 fully saturated rings. The van der Waals surface area contributed by atoms with Crippen LogP contribution in [0.1, 0.15) is 24.8 Å². The third-order valence-electron chi connectivity index (χ3n) is 4.50. The molecule has 1 unspecified atom stereocenters. The fourth-order valence-electron chi connectivity index (χ4n) is 2.83. The third kappa shape index (κ3) is 6.68. The van der Waals surface area contributed by atoms with E-state index in [0.29, 0.717) is 6.42 Å². The molecule has 1 aliphatic rings. The normalized spacial score (nSPS) is 17.9. The van der Waals surface area contributed by atoms with Crippen molar-refractivity contribution in [1.82, 2.24) is 5.32 Å². The Bertz CT molecular complexity index is 953. The second kappa shape index (κ2) is 9.41. The Kier molecular flexibility index (Phi) is 7.40. The number of hydrogen-bond acceptors (Lipinski definition) is 5. The van der Waals surface area contributed by atoms with E-state index in [-0.39, 0.29) is 28.7 Å². The van der Waals surface area contributed by atoms with Gasteiger partial charge in [-0.05, 0) is 37.8 Å². The molecule has 2 atom stereocenters. The summed E-state index contributed by atoms with van der Waals surface area (Å²) < 4.78 is 62.1. The van der Waals surface area contributed by atoms with Gasteiger partial charge in [0.15, 0.2) is 9.84 Å². The van der Waals surface area contributed by atoms with Gasteiger partial charge in [0.1, 0.15) is 6.04 Å². The summed E-state index contributed by atoms with van der Waals surface area (Å²) in [5, 5.41) is 10.5. The number of rotatable bonds is 8. The maximum absolute atomic E-state index is 12.5. The summed E-state index contributed by atoms with van der Waals surface area (Å²) in [6.45, 7) is 1.84. The smallest absolute Gasteiger partial charge is 0.471 e. The summed E-state index contributed by atoms with van der Waals surface area (Å²) in [5.74, 6) is -4.40. The largest absolute Gasteiger partial charge is 0.480 e. The zero-order valence-corrected chi connectivity index (χ0v) is 16.8. The highest BCUT2D eigenvalue weighted by Gasteiger charge is 2.41. The number of nitrogens with zero attached hydrogens (tertiary/aromatic N) is 1. The number of aryl methyl sites for hydroxylation is 1. The molecule has 1 heterocycles. The van der Waals surface area contributed by atoms with Crippen LogP contribution < -0.4 is 5.32 Å². The molecule has 0 saturated carbocycles.